The normalized spacial score (nSPS) is 10.4. The van der Waals surface area contributed by atoms with E-state index in [1.165, 1.54) is 11.3 Å². The minimum Gasteiger partial charge on any atom is -0.740 e. The van der Waals surface area contributed by atoms with Crippen LogP contribution in [0.5, 0.6) is 0 Å². The molecular formula is C9H12N6O2S. The van der Waals surface area contributed by atoms with Crippen molar-refractivity contribution in [3.63, 3.8) is 0 Å². The Morgan fingerprint density at radius 1 is 1.11 bits per heavy atom. The predicted molar refractivity (Wildman–Crippen MR) is 69.2 cm³/mol. The van der Waals surface area contributed by atoms with Gasteiger partial charge in [-0.15, -0.1) is 11.3 Å². The number of nitrogen functional groups attached to an aromatic ring is 3. The molecule has 2 aromatic rings. The van der Waals surface area contributed by atoms with Crippen molar-refractivity contribution in [2.24, 2.45) is 0 Å². The molecule has 0 unspecified atom stereocenters. The van der Waals surface area contributed by atoms with Crippen LogP contribution in [0.4, 0.5) is 23.3 Å². The molecule has 2 aromatic heterocycles. The van der Waals surface area contributed by atoms with Gasteiger partial charge >= 0.3 is 0 Å². The van der Waals surface area contributed by atoms with Gasteiger partial charge in [0.2, 0.25) is 0 Å². The summed E-state index contributed by atoms with van der Waals surface area (Å²) in [5.41, 5.74) is 16.3. The molecule has 2 rings (SSSR count). The molecule has 7 N–H and O–H groups in total. The van der Waals surface area contributed by atoms with E-state index >= 15 is 0 Å². The van der Waals surface area contributed by atoms with Gasteiger partial charge in [0.05, 0.1) is 6.54 Å². The highest BCUT2D eigenvalue weighted by Gasteiger charge is 2.20. The smallest absolute Gasteiger partial charge is 0.296 e. The van der Waals surface area contributed by atoms with Crippen molar-refractivity contribution in [2.75, 3.05) is 22.5 Å². The first-order valence-electron chi connectivity index (χ1n) is 4.98. The number of anilines is 4. The molecule has 0 aliphatic rings. The first kappa shape index (κ1) is 12.0. The van der Waals surface area contributed by atoms with Gasteiger partial charge in [0.25, 0.3) is 23.3 Å². The van der Waals surface area contributed by atoms with Crippen LogP contribution in [0.15, 0.2) is 17.5 Å². The Labute approximate surface area is 106 Å². The summed E-state index contributed by atoms with van der Waals surface area (Å²) in [6.07, 6.45) is 0. The van der Waals surface area contributed by atoms with E-state index < -0.39 is 5.82 Å². The van der Waals surface area contributed by atoms with Crippen LogP contribution in [0.1, 0.15) is 4.88 Å². The summed E-state index contributed by atoms with van der Waals surface area (Å²) in [6, 6.07) is 3.76. The zero-order chi connectivity index (χ0) is 13.3. The fourth-order valence-electron chi connectivity index (χ4n) is 1.40. The Kier molecular flexibility index (Phi) is 2.98. The van der Waals surface area contributed by atoms with Crippen LogP contribution in [0.25, 0.3) is 0 Å². The Morgan fingerprint density at radius 3 is 2.39 bits per heavy atom. The first-order chi connectivity index (χ1) is 8.52. The van der Waals surface area contributed by atoms with Crippen molar-refractivity contribution in [3.05, 3.63) is 32.8 Å². The molecule has 0 atom stereocenters. The minimum absolute atomic E-state index is 0.106. The van der Waals surface area contributed by atoms with Crippen molar-refractivity contribution in [1.29, 1.82) is 0 Å². The molecule has 0 spiro atoms. The maximum absolute atomic E-state index is 11.7. The van der Waals surface area contributed by atoms with Gasteiger partial charge in [0.1, 0.15) is 0 Å². The lowest BCUT2D eigenvalue weighted by molar-refractivity contribution is -0.623. The van der Waals surface area contributed by atoms with Crippen LogP contribution in [0.2, 0.25) is 0 Å². The molecule has 9 heteroatoms. The molecule has 0 saturated carbocycles. The van der Waals surface area contributed by atoms with Gasteiger partial charge in [0.15, 0.2) is 0 Å². The molecule has 0 bridgehead atoms. The van der Waals surface area contributed by atoms with E-state index in [-0.39, 0.29) is 22.2 Å². The Bertz CT molecular complexity index is 542. The lowest BCUT2D eigenvalue weighted by Gasteiger charge is -2.18. The fraction of sp³-hybridized carbons (Fsp3) is 0.111. The van der Waals surface area contributed by atoms with Crippen LogP contribution in [-0.4, -0.2) is 0 Å². The third kappa shape index (κ3) is 1.91. The van der Waals surface area contributed by atoms with Crippen molar-refractivity contribution in [3.8, 4) is 0 Å². The van der Waals surface area contributed by atoms with Gasteiger partial charge in [-0.1, -0.05) is 6.07 Å². The van der Waals surface area contributed by atoms with Crippen LogP contribution in [-0.2, 0) is 6.54 Å². The second-order valence-corrected chi connectivity index (χ2v) is 4.56. The summed E-state index contributed by atoms with van der Waals surface area (Å²) in [5.74, 6) is -1.21. The number of nitrogens with two attached hydrogens (primary N) is 3. The van der Waals surface area contributed by atoms with Crippen molar-refractivity contribution >= 4 is 34.6 Å². The predicted octanol–water partition coefficient (Wildman–Crippen LogP) is -0.626. The average molecular weight is 268 g/mol. The molecule has 0 aliphatic heterocycles. The van der Waals surface area contributed by atoms with Crippen molar-refractivity contribution in [1.82, 2.24) is 0 Å². The maximum Gasteiger partial charge on any atom is 0.296 e. The SMILES string of the molecule is Nc1c(N)[n+]([O-])c(NCc2cccs2)c(N)[n+]1[O-]. The standard InChI is InChI=1S/C9H12N6O2S/c10-6-7(11)15(17)9(8(12)14(6)16)13-4-5-2-1-3-18-5/h1-3,13H,4,10-12H2. The molecule has 0 aromatic carbocycles. The number of nitrogens with zero attached hydrogens (tertiary/aromatic N) is 2. The average Bonchev–Trinajstić information content (AvgIpc) is 2.87. The van der Waals surface area contributed by atoms with E-state index in [2.05, 4.69) is 5.32 Å². The van der Waals surface area contributed by atoms with Gasteiger partial charge in [-0.05, 0) is 11.4 Å². The molecule has 8 nitrogen and oxygen atoms in total. The van der Waals surface area contributed by atoms with Crippen molar-refractivity contribution < 1.29 is 9.46 Å². The molecule has 0 fully saturated rings. The zero-order valence-electron chi connectivity index (χ0n) is 9.29. The van der Waals surface area contributed by atoms with Gasteiger partial charge in [-0.2, -0.15) is 0 Å². The third-order valence-corrected chi connectivity index (χ3v) is 3.25. The Hall–Kier alpha value is -2.42. The summed E-state index contributed by atoms with van der Waals surface area (Å²) in [5, 5.41) is 27.9. The summed E-state index contributed by atoms with van der Waals surface area (Å²) in [7, 11) is 0. The van der Waals surface area contributed by atoms with E-state index in [0.717, 1.165) is 4.88 Å². The van der Waals surface area contributed by atoms with Crippen LogP contribution < -0.4 is 32.0 Å². The molecule has 2 heterocycles. The molecular weight excluding hydrogens is 256 g/mol. The monoisotopic (exact) mass is 268 g/mol. The lowest BCUT2D eigenvalue weighted by atomic mass is 10.4. The van der Waals surface area contributed by atoms with Crippen LogP contribution in [0.3, 0.4) is 0 Å². The summed E-state index contributed by atoms with van der Waals surface area (Å²) < 4.78 is 0.535. The number of thiophene rings is 1. The number of rotatable bonds is 3. The third-order valence-electron chi connectivity index (χ3n) is 2.37. The van der Waals surface area contributed by atoms with Gasteiger partial charge < -0.3 is 27.6 Å². The summed E-state index contributed by atoms with van der Waals surface area (Å²) in [4.78, 5) is 0.988. The Morgan fingerprint density at radius 2 is 1.78 bits per heavy atom. The quantitative estimate of drug-likeness (QED) is 0.431. The number of nitrogens with one attached hydrogen (secondary N) is 1. The van der Waals surface area contributed by atoms with Gasteiger partial charge in [-0.25, -0.2) is 9.46 Å². The lowest BCUT2D eigenvalue weighted by Crippen LogP contribution is -2.46. The number of aromatic nitrogens is 2. The van der Waals surface area contributed by atoms with Gasteiger partial charge in [0, 0.05) is 4.88 Å². The first-order valence-corrected chi connectivity index (χ1v) is 5.86. The number of hydrogen-bond acceptors (Lipinski definition) is 7. The topological polar surface area (TPSA) is 144 Å². The minimum atomic E-state index is -0.413. The van der Waals surface area contributed by atoms with Gasteiger partial charge in [-0.3, -0.25) is 5.32 Å². The molecule has 0 radical (unpaired) electrons. The zero-order valence-corrected chi connectivity index (χ0v) is 10.1. The number of hydrogen-bond donors (Lipinski definition) is 4. The molecule has 0 saturated heterocycles. The largest absolute Gasteiger partial charge is 0.740 e. The fourth-order valence-corrected chi connectivity index (χ4v) is 2.05. The molecule has 96 valence electrons. The second-order valence-electron chi connectivity index (χ2n) is 3.53. The second kappa shape index (κ2) is 4.45. The maximum atomic E-state index is 11.7. The van der Waals surface area contributed by atoms with Crippen LogP contribution in [0, 0.1) is 10.4 Å². The molecule has 0 amide bonds. The summed E-state index contributed by atoms with van der Waals surface area (Å²) in [6.45, 7) is 0.369. The van der Waals surface area contributed by atoms with E-state index in [4.69, 9.17) is 17.2 Å². The van der Waals surface area contributed by atoms with Crippen molar-refractivity contribution in [2.45, 2.75) is 6.54 Å². The van der Waals surface area contributed by atoms with E-state index in [1.54, 1.807) is 0 Å². The molecule has 0 aliphatic carbocycles. The highest BCUT2D eigenvalue weighted by atomic mass is 32.1. The molecule has 18 heavy (non-hydrogen) atoms. The Balaban J connectivity index is 2.33. The van der Waals surface area contributed by atoms with E-state index in [9.17, 15) is 10.4 Å². The van der Waals surface area contributed by atoms with Crippen LogP contribution >= 0.6 is 11.3 Å². The summed E-state index contributed by atoms with van der Waals surface area (Å²) >= 11 is 1.51. The highest BCUT2D eigenvalue weighted by molar-refractivity contribution is 7.09. The van der Waals surface area contributed by atoms with E-state index in [0.29, 0.717) is 11.3 Å². The van der Waals surface area contributed by atoms with E-state index in [1.807, 2.05) is 17.5 Å². The highest BCUT2D eigenvalue weighted by Crippen LogP contribution is 2.16.